The van der Waals surface area contributed by atoms with E-state index in [0.29, 0.717) is 0 Å². The van der Waals surface area contributed by atoms with E-state index in [9.17, 15) is 0 Å². The molecular weight excluding hydrogens is 551 g/mol. The first-order chi connectivity index (χ1) is 16.3. The van der Waals surface area contributed by atoms with Gasteiger partial charge in [-0.15, -0.1) is 63.0 Å². The molecule has 2 radical (unpaired) electrons. The molecule has 0 fully saturated rings. The summed E-state index contributed by atoms with van der Waals surface area (Å²) in [5.41, 5.74) is 8.05. The Kier molecular flexibility index (Phi) is 12.6. The first-order valence-electron chi connectivity index (χ1n) is 11.2. The van der Waals surface area contributed by atoms with Crippen LogP contribution < -0.4 is 0 Å². The summed E-state index contributed by atoms with van der Waals surface area (Å²) in [5, 5.41) is 5.47. The Labute approximate surface area is 226 Å². The van der Waals surface area contributed by atoms with E-state index in [1.54, 1.807) is 0 Å². The van der Waals surface area contributed by atoms with Crippen LogP contribution in [0.5, 0.6) is 0 Å². The van der Waals surface area contributed by atoms with Crippen LogP contribution in [0.25, 0.3) is 32.7 Å². The third-order valence-electron chi connectivity index (χ3n) is 5.30. The molecule has 0 aliphatic heterocycles. The number of aryl methyl sites for hydroxylation is 4. The maximum absolute atomic E-state index is 4.93. The van der Waals surface area contributed by atoms with Gasteiger partial charge in [-0.2, -0.15) is 12.1 Å². The van der Waals surface area contributed by atoms with E-state index in [2.05, 4.69) is 126 Å². The molecule has 5 aromatic rings. The van der Waals surface area contributed by atoms with Crippen LogP contribution in [0.2, 0.25) is 13.1 Å². The molecule has 4 heteroatoms. The molecule has 174 valence electrons. The Morgan fingerprint density at radius 3 is 1.85 bits per heavy atom. The number of rotatable bonds is 1. The normalized spacial score (nSPS) is 9.76. The van der Waals surface area contributed by atoms with Crippen molar-refractivity contribution in [3.05, 3.63) is 107 Å². The van der Waals surface area contributed by atoms with Crippen molar-refractivity contribution in [2.45, 2.75) is 40.8 Å². The Balaban J connectivity index is 0.000000201. The van der Waals surface area contributed by atoms with Gasteiger partial charge in [-0.3, -0.25) is 0 Å². The van der Waals surface area contributed by atoms with E-state index in [4.69, 9.17) is 17.0 Å². The van der Waals surface area contributed by atoms with Gasteiger partial charge < -0.3 is 0 Å². The molecule has 0 saturated carbocycles. The van der Waals surface area contributed by atoms with Crippen molar-refractivity contribution < 1.29 is 20.8 Å². The molecule has 0 nitrogen and oxygen atoms in total. The minimum absolute atomic E-state index is 0.826. The Morgan fingerprint density at radius 2 is 1.24 bits per heavy atom. The van der Waals surface area contributed by atoms with Crippen molar-refractivity contribution in [2.24, 2.45) is 0 Å². The maximum atomic E-state index is 4.93. The summed E-state index contributed by atoms with van der Waals surface area (Å²) >= 11 is -0.826. The topological polar surface area (TPSA) is 0 Å². The van der Waals surface area contributed by atoms with Gasteiger partial charge in [0, 0.05) is 9.52 Å². The van der Waals surface area contributed by atoms with Crippen molar-refractivity contribution in [1.29, 1.82) is 0 Å². The summed E-state index contributed by atoms with van der Waals surface area (Å²) in [6, 6.07) is 30.5. The van der Waals surface area contributed by atoms with Crippen LogP contribution in [0, 0.1) is 27.7 Å². The van der Waals surface area contributed by atoms with Crippen molar-refractivity contribution in [3.63, 3.8) is 0 Å². The fourth-order valence-corrected chi connectivity index (χ4v) is 4.10. The molecule has 0 bridgehead atoms. The monoisotopic (exact) mass is 580 g/mol. The van der Waals surface area contributed by atoms with Gasteiger partial charge in [0.15, 0.2) is 0 Å². The fourth-order valence-electron chi connectivity index (χ4n) is 4.10. The summed E-state index contributed by atoms with van der Waals surface area (Å²) < 4.78 is 0. The third-order valence-corrected chi connectivity index (χ3v) is 5.30. The van der Waals surface area contributed by atoms with Crippen LogP contribution in [0.1, 0.15) is 22.3 Å². The molecule has 0 heterocycles. The summed E-state index contributed by atoms with van der Waals surface area (Å²) in [6.07, 6.45) is 0. The first-order valence-corrected chi connectivity index (χ1v) is 19.6. The molecule has 0 aliphatic carbocycles. The molecule has 0 amide bonds. The molecular formula is C30H32Cl2SiZr. The summed E-state index contributed by atoms with van der Waals surface area (Å²) in [5.74, 6) is 0. The van der Waals surface area contributed by atoms with Gasteiger partial charge >= 0.3 is 37.9 Å². The van der Waals surface area contributed by atoms with Crippen molar-refractivity contribution in [3.8, 4) is 11.1 Å². The van der Waals surface area contributed by atoms with E-state index >= 15 is 0 Å². The summed E-state index contributed by atoms with van der Waals surface area (Å²) in [4.78, 5) is 0. The van der Waals surface area contributed by atoms with Crippen molar-refractivity contribution in [1.82, 2.24) is 0 Å². The zero-order valence-electron chi connectivity index (χ0n) is 20.8. The molecule has 34 heavy (non-hydrogen) atoms. The van der Waals surface area contributed by atoms with Gasteiger partial charge in [-0.1, -0.05) is 86.1 Å². The van der Waals surface area contributed by atoms with Crippen LogP contribution in [-0.2, 0) is 20.8 Å². The first kappa shape index (κ1) is 28.8. The Morgan fingerprint density at radius 1 is 0.676 bits per heavy atom. The standard InChI is InChI=1S/C16H13.C12H13.C2H6Si.2ClH.Zr/c1-12-10-14-8-5-9-15(16(14)11-12)13-6-3-2-4-7-13;1-8-4-10(3)12-7-9(2)6-11(12)5-8;1-3-2;;;/h2-11H,1H3;4-7H,1-3H3;1-2H3;2*1H;/q2*-1;;;;+4/p-2. The number of halogens is 2. The quantitative estimate of drug-likeness (QED) is 0.136. The zero-order chi connectivity index (χ0) is 25.1. The second-order valence-corrected chi connectivity index (χ2v) is 13.1. The van der Waals surface area contributed by atoms with Crippen LogP contribution in [0.3, 0.4) is 0 Å². The van der Waals surface area contributed by atoms with E-state index < -0.39 is 20.8 Å². The summed E-state index contributed by atoms with van der Waals surface area (Å²) in [6.45, 7) is 12.9. The molecule has 0 N–H and O–H groups in total. The van der Waals surface area contributed by atoms with Gasteiger partial charge in [-0.25, -0.2) is 0 Å². The predicted octanol–water partition coefficient (Wildman–Crippen LogP) is 10.2. The second-order valence-electron chi connectivity index (χ2n) is 8.40. The second kappa shape index (κ2) is 14.8. The van der Waals surface area contributed by atoms with Gasteiger partial charge in [0.25, 0.3) is 0 Å². The molecule has 0 atom stereocenters. The fraction of sp³-hybridized carbons (Fsp3) is 0.200. The SMILES string of the molecule is C[Si]C.Cc1cc(C)c2cc(C)[cH-]c2c1.Cc1cc2c(-c3ccccc3)cccc2[cH-]1.[Cl][Zr+2][Cl]. The van der Waals surface area contributed by atoms with Gasteiger partial charge in [0.05, 0.1) is 0 Å². The average Bonchev–Trinajstić information content (AvgIpc) is 3.37. The van der Waals surface area contributed by atoms with E-state index in [0.717, 1.165) is 9.52 Å². The molecule has 5 aromatic carbocycles. The number of fused-ring (bicyclic) bond motifs is 2. The van der Waals surface area contributed by atoms with E-state index in [1.807, 2.05) is 0 Å². The van der Waals surface area contributed by atoms with Crippen LogP contribution in [-0.4, -0.2) is 9.52 Å². The van der Waals surface area contributed by atoms with Crippen molar-refractivity contribution in [2.75, 3.05) is 0 Å². The molecule has 0 aromatic heterocycles. The number of hydrogen-bond acceptors (Lipinski definition) is 0. The van der Waals surface area contributed by atoms with Gasteiger partial charge in [0.2, 0.25) is 0 Å². The van der Waals surface area contributed by atoms with E-state index in [1.165, 1.54) is 54.9 Å². The van der Waals surface area contributed by atoms with Crippen LogP contribution in [0.4, 0.5) is 0 Å². The Hall–Kier alpha value is -1.44. The molecule has 5 rings (SSSR count). The van der Waals surface area contributed by atoms with E-state index in [-0.39, 0.29) is 0 Å². The van der Waals surface area contributed by atoms with Crippen LogP contribution >= 0.6 is 17.0 Å². The predicted molar refractivity (Wildman–Crippen MR) is 153 cm³/mol. The molecule has 0 saturated heterocycles. The molecule has 0 unspecified atom stereocenters. The Bertz CT molecular complexity index is 1280. The molecule has 0 spiro atoms. The minimum atomic E-state index is -0.826. The number of hydrogen-bond donors (Lipinski definition) is 0. The average molecular weight is 583 g/mol. The third kappa shape index (κ3) is 8.35. The number of benzene rings is 3. The van der Waals surface area contributed by atoms with Gasteiger partial charge in [0.1, 0.15) is 0 Å². The zero-order valence-corrected chi connectivity index (χ0v) is 25.8. The van der Waals surface area contributed by atoms with Crippen LogP contribution in [0.15, 0.2) is 84.9 Å². The molecule has 0 aliphatic rings. The summed E-state index contributed by atoms with van der Waals surface area (Å²) in [7, 11) is 11.0. The van der Waals surface area contributed by atoms with Gasteiger partial charge in [-0.05, 0) is 19.4 Å². The van der Waals surface area contributed by atoms with Crippen molar-refractivity contribution >= 4 is 48.1 Å².